The summed E-state index contributed by atoms with van der Waals surface area (Å²) in [6.45, 7) is 7.86. The van der Waals surface area contributed by atoms with Crippen LogP contribution in [0.25, 0.3) is 0 Å². The highest BCUT2D eigenvalue weighted by Gasteiger charge is 2.26. The first kappa shape index (κ1) is 11.1. The van der Waals surface area contributed by atoms with Gasteiger partial charge in [-0.3, -0.25) is 0 Å². The van der Waals surface area contributed by atoms with Crippen LogP contribution in [0.4, 0.5) is 0 Å². The van der Waals surface area contributed by atoms with E-state index in [1.165, 1.54) is 0 Å². The molecule has 1 atom stereocenters. The molecule has 0 aliphatic heterocycles. The maximum Gasteiger partial charge on any atom is 0.114 e. The summed E-state index contributed by atoms with van der Waals surface area (Å²) >= 11 is 0. The van der Waals surface area contributed by atoms with Crippen LogP contribution in [0, 0.1) is 0 Å². The summed E-state index contributed by atoms with van der Waals surface area (Å²) in [6.07, 6.45) is 8.76. The molecule has 1 aliphatic carbocycles. The molecule has 0 radical (unpaired) electrons. The molecule has 0 heterocycles. The molecule has 0 amide bonds. The molecule has 1 aliphatic rings. The van der Waals surface area contributed by atoms with Gasteiger partial charge in [0.2, 0.25) is 0 Å². The van der Waals surface area contributed by atoms with Crippen molar-refractivity contribution in [3.63, 3.8) is 0 Å². The fourth-order valence-corrected chi connectivity index (χ4v) is 1.50. The molecule has 14 heavy (non-hydrogen) atoms. The van der Waals surface area contributed by atoms with E-state index in [0.717, 1.165) is 12.2 Å². The first-order chi connectivity index (χ1) is 6.62. The molecule has 0 fully saturated rings. The molecule has 0 aromatic rings. The standard InChI is InChI=1S/C12H18O2/c1-5-12(14-10(2)3)8-6-11(13-4)7-9-12/h5-8,10H,1,9H2,2-4H3. The van der Waals surface area contributed by atoms with Crippen LogP contribution < -0.4 is 0 Å². The molecular formula is C12H18O2. The van der Waals surface area contributed by atoms with E-state index in [1.807, 2.05) is 38.2 Å². The van der Waals surface area contributed by atoms with Crippen LogP contribution in [0.5, 0.6) is 0 Å². The Morgan fingerprint density at radius 3 is 2.64 bits per heavy atom. The largest absolute Gasteiger partial charge is 0.497 e. The predicted octanol–water partition coefficient (Wildman–Crippen LogP) is 2.83. The van der Waals surface area contributed by atoms with E-state index in [1.54, 1.807) is 7.11 Å². The van der Waals surface area contributed by atoms with Crippen molar-refractivity contribution in [2.24, 2.45) is 0 Å². The average molecular weight is 194 g/mol. The van der Waals surface area contributed by atoms with Gasteiger partial charge in [0, 0.05) is 6.42 Å². The van der Waals surface area contributed by atoms with Gasteiger partial charge in [-0.25, -0.2) is 0 Å². The minimum absolute atomic E-state index is 0.190. The Kier molecular flexibility index (Phi) is 3.53. The molecule has 0 spiro atoms. The zero-order chi connectivity index (χ0) is 10.6. The van der Waals surface area contributed by atoms with Crippen molar-refractivity contribution in [3.8, 4) is 0 Å². The lowest BCUT2D eigenvalue weighted by Crippen LogP contribution is -2.31. The Hall–Kier alpha value is -1.02. The van der Waals surface area contributed by atoms with Crippen LogP contribution in [0.1, 0.15) is 20.3 Å². The summed E-state index contributed by atoms with van der Waals surface area (Å²) in [5.74, 6) is 0.884. The van der Waals surface area contributed by atoms with Gasteiger partial charge < -0.3 is 9.47 Å². The van der Waals surface area contributed by atoms with Crippen molar-refractivity contribution in [1.29, 1.82) is 0 Å². The second-order valence-corrected chi connectivity index (χ2v) is 3.67. The van der Waals surface area contributed by atoms with E-state index in [-0.39, 0.29) is 11.7 Å². The molecule has 0 saturated carbocycles. The summed E-state index contributed by atoms with van der Waals surface area (Å²) in [6, 6.07) is 0. The van der Waals surface area contributed by atoms with E-state index in [4.69, 9.17) is 9.47 Å². The smallest absolute Gasteiger partial charge is 0.114 e. The lowest BCUT2D eigenvalue weighted by atomic mass is 9.94. The maximum absolute atomic E-state index is 5.82. The summed E-state index contributed by atoms with van der Waals surface area (Å²) in [7, 11) is 1.67. The number of hydrogen-bond acceptors (Lipinski definition) is 2. The fraction of sp³-hybridized carbons (Fsp3) is 0.500. The molecular weight excluding hydrogens is 176 g/mol. The summed E-state index contributed by atoms with van der Waals surface area (Å²) < 4.78 is 10.9. The Morgan fingerprint density at radius 1 is 1.57 bits per heavy atom. The molecule has 1 unspecified atom stereocenters. The number of rotatable bonds is 4. The van der Waals surface area contributed by atoms with Gasteiger partial charge in [-0.2, -0.15) is 0 Å². The third kappa shape index (κ3) is 2.48. The number of hydrogen-bond donors (Lipinski definition) is 0. The SMILES string of the molecule is C=CC1(OC(C)C)C=CC(OC)=CC1. The van der Waals surface area contributed by atoms with Crippen molar-refractivity contribution in [3.05, 3.63) is 36.6 Å². The number of methoxy groups -OCH3 is 1. The lowest BCUT2D eigenvalue weighted by molar-refractivity contribution is -0.0151. The van der Waals surface area contributed by atoms with Gasteiger partial charge in [0.1, 0.15) is 11.4 Å². The number of ether oxygens (including phenoxy) is 2. The second kappa shape index (κ2) is 4.47. The van der Waals surface area contributed by atoms with Crippen LogP contribution in [0.3, 0.4) is 0 Å². The third-order valence-electron chi connectivity index (χ3n) is 2.19. The molecule has 2 nitrogen and oxygen atoms in total. The topological polar surface area (TPSA) is 18.5 Å². The van der Waals surface area contributed by atoms with Gasteiger partial charge in [-0.1, -0.05) is 12.7 Å². The highest BCUT2D eigenvalue weighted by molar-refractivity contribution is 5.28. The average Bonchev–Trinajstić information content (AvgIpc) is 2.18. The molecule has 0 bridgehead atoms. The second-order valence-electron chi connectivity index (χ2n) is 3.67. The third-order valence-corrected chi connectivity index (χ3v) is 2.19. The Morgan fingerprint density at radius 2 is 2.29 bits per heavy atom. The zero-order valence-corrected chi connectivity index (χ0v) is 9.12. The van der Waals surface area contributed by atoms with Gasteiger partial charge in [-0.05, 0) is 32.1 Å². The van der Waals surface area contributed by atoms with Crippen molar-refractivity contribution >= 4 is 0 Å². The summed E-state index contributed by atoms with van der Waals surface area (Å²) in [4.78, 5) is 0. The van der Waals surface area contributed by atoms with Crippen LogP contribution >= 0.6 is 0 Å². The quantitative estimate of drug-likeness (QED) is 0.641. The Balaban J connectivity index is 2.73. The van der Waals surface area contributed by atoms with E-state index in [0.29, 0.717) is 0 Å². The van der Waals surface area contributed by atoms with Crippen LogP contribution in [-0.4, -0.2) is 18.8 Å². The molecule has 0 aromatic heterocycles. The Labute approximate surface area is 85.9 Å². The van der Waals surface area contributed by atoms with Crippen LogP contribution in [0.2, 0.25) is 0 Å². The number of allylic oxidation sites excluding steroid dienone is 1. The van der Waals surface area contributed by atoms with Crippen molar-refractivity contribution in [1.82, 2.24) is 0 Å². The first-order valence-corrected chi connectivity index (χ1v) is 4.86. The van der Waals surface area contributed by atoms with E-state index >= 15 is 0 Å². The minimum Gasteiger partial charge on any atom is -0.497 e. The van der Waals surface area contributed by atoms with E-state index < -0.39 is 0 Å². The monoisotopic (exact) mass is 194 g/mol. The first-order valence-electron chi connectivity index (χ1n) is 4.86. The summed E-state index contributed by atoms with van der Waals surface area (Å²) in [5.41, 5.74) is -0.351. The van der Waals surface area contributed by atoms with Crippen molar-refractivity contribution < 1.29 is 9.47 Å². The fourth-order valence-electron chi connectivity index (χ4n) is 1.50. The van der Waals surface area contributed by atoms with Gasteiger partial charge in [0.25, 0.3) is 0 Å². The van der Waals surface area contributed by atoms with Gasteiger partial charge in [-0.15, -0.1) is 0 Å². The highest BCUT2D eigenvalue weighted by Crippen LogP contribution is 2.27. The van der Waals surface area contributed by atoms with Gasteiger partial charge in [0.05, 0.1) is 13.2 Å². The molecule has 0 saturated heterocycles. The summed E-state index contributed by atoms with van der Waals surface area (Å²) in [5, 5.41) is 0. The van der Waals surface area contributed by atoms with Crippen molar-refractivity contribution in [2.45, 2.75) is 32.0 Å². The van der Waals surface area contributed by atoms with Crippen molar-refractivity contribution in [2.75, 3.05) is 7.11 Å². The van der Waals surface area contributed by atoms with Crippen LogP contribution in [-0.2, 0) is 9.47 Å². The lowest BCUT2D eigenvalue weighted by Gasteiger charge is -2.31. The highest BCUT2D eigenvalue weighted by atomic mass is 16.5. The van der Waals surface area contributed by atoms with Gasteiger partial charge >= 0.3 is 0 Å². The molecule has 1 rings (SSSR count). The molecule has 0 aromatic carbocycles. The predicted molar refractivity (Wildman–Crippen MR) is 58.0 cm³/mol. The minimum atomic E-state index is -0.351. The molecule has 78 valence electrons. The molecule has 0 N–H and O–H groups in total. The Bertz CT molecular complexity index is 263. The zero-order valence-electron chi connectivity index (χ0n) is 9.12. The van der Waals surface area contributed by atoms with Crippen LogP contribution in [0.15, 0.2) is 36.6 Å². The van der Waals surface area contributed by atoms with E-state index in [9.17, 15) is 0 Å². The maximum atomic E-state index is 5.82. The normalized spacial score (nSPS) is 26.1. The van der Waals surface area contributed by atoms with E-state index in [2.05, 4.69) is 6.58 Å². The molecule has 2 heteroatoms. The van der Waals surface area contributed by atoms with Gasteiger partial charge in [0.15, 0.2) is 0 Å².